The minimum Gasteiger partial charge on any atom is -0.353 e. The summed E-state index contributed by atoms with van der Waals surface area (Å²) < 4.78 is 0. The molecule has 0 spiro atoms. The van der Waals surface area contributed by atoms with E-state index in [1.54, 1.807) is 0 Å². The van der Waals surface area contributed by atoms with Gasteiger partial charge in [-0.1, -0.05) is 29.8 Å². The highest BCUT2D eigenvalue weighted by Crippen LogP contribution is 2.07. The zero-order chi connectivity index (χ0) is 10.7. The summed E-state index contributed by atoms with van der Waals surface area (Å²) >= 11 is 0. The molecule has 0 unspecified atom stereocenters. The average molecular weight is 204 g/mol. The molecule has 0 aromatic heterocycles. The van der Waals surface area contributed by atoms with Crippen molar-refractivity contribution in [1.29, 1.82) is 0 Å². The molecule has 0 aliphatic carbocycles. The summed E-state index contributed by atoms with van der Waals surface area (Å²) in [6.45, 7) is 3.67. The molecule has 1 saturated heterocycles. The molecule has 3 nitrogen and oxygen atoms in total. The first-order chi connectivity index (χ1) is 7.25. The SMILES string of the molecule is Cc1cccc(C[C@H]2NCCNC2=O)c1. The van der Waals surface area contributed by atoms with Crippen LogP contribution in [0.5, 0.6) is 0 Å². The van der Waals surface area contributed by atoms with Crippen molar-refractivity contribution in [3.05, 3.63) is 35.4 Å². The van der Waals surface area contributed by atoms with Crippen LogP contribution in [0.2, 0.25) is 0 Å². The average Bonchev–Trinajstić information content (AvgIpc) is 2.22. The molecule has 1 fully saturated rings. The smallest absolute Gasteiger partial charge is 0.237 e. The van der Waals surface area contributed by atoms with Crippen LogP contribution in [0.25, 0.3) is 0 Å². The first-order valence-corrected chi connectivity index (χ1v) is 5.32. The van der Waals surface area contributed by atoms with Crippen molar-refractivity contribution < 1.29 is 4.79 Å². The van der Waals surface area contributed by atoms with E-state index < -0.39 is 0 Å². The second kappa shape index (κ2) is 4.45. The highest BCUT2D eigenvalue weighted by molar-refractivity contribution is 5.82. The fourth-order valence-electron chi connectivity index (χ4n) is 1.89. The van der Waals surface area contributed by atoms with E-state index in [1.165, 1.54) is 11.1 Å². The lowest BCUT2D eigenvalue weighted by Crippen LogP contribution is -2.53. The largest absolute Gasteiger partial charge is 0.353 e. The zero-order valence-corrected chi connectivity index (χ0v) is 8.92. The van der Waals surface area contributed by atoms with Crippen molar-refractivity contribution in [2.75, 3.05) is 13.1 Å². The highest BCUT2D eigenvalue weighted by atomic mass is 16.2. The molecule has 1 atom stereocenters. The standard InChI is InChI=1S/C12H16N2O/c1-9-3-2-4-10(7-9)8-11-12(15)14-6-5-13-11/h2-4,7,11,13H,5-6,8H2,1H3,(H,14,15)/t11-/m1/s1. The van der Waals surface area contributed by atoms with Gasteiger partial charge in [0.1, 0.15) is 0 Å². The topological polar surface area (TPSA) is 41.1 Å². The molecule has 2 N–H and O–H groups in total. The summed E-state index contributed by atoms with van der Waals surface area (Å²) in [6, 6.07) is 8.23. The van der Waals surface area contributed by atoms with E-state index in [0.717, 1.165) is 19.5 Å². The number of benzene rings is 1. The Balaban J connectivity index is 2.04. The van der Waals surface area contributed by atoms with Crippen LogP contribution in [0.1, 0.15) is 11.1 Å². The van der Waals surface area contributed by atoms with E-state index in [1.807, 2.05) is 6.07 Å². The number of carbonyl (C=O) groups excluding carboxylic acids is 1. The van der Waals surface area contributed by atoms with Crippen LogP contribution in [-0.4, -0.2) is 25.0 Å². The lowest BCUT2D eigenvalue weighted by molar-refractivity contribution is -0.124. The number of hydrogen-bond acceptors (Lipinski definition) is 2. The number of amides is 1. The van der Waals surface area contributed by atoms with Crippen molar-refractivity contribution in [2.45, 2.75) is 19.4 Å². The Bertz CT molecular complexity index is 362. The maximum absolute atomic E-state index is 11.5. The molecule has 1 aromatic rings. The van der Waals surface area contributed by atoms with Crippen LogP contribution < -0.4 is 10.6 Å². The van der Waals surface area contributed by atoms with Crippen LogP contribution in [0.4, 0.5) is 0 Å². The number of rotatable bonds is 2. The van der Waals surface area contributed by atoms with Crippen molar-refractivity contribution in [3.63, 3.8) is 0 Å². The van der Waals surface area contributed by atoms with Crippen molar-refractivity contribution in [2.24, 2.45) is 0 Å². The summed E-state index contributed by atoms with van der Waals surface area (Å²) in [4.78, 5) is 11.5. The van der Waals surface area contributed by atoms with E-state index in [9.17, 15) is 4.79 Å². The molecule has 1 aliphatic rings. The monoisotopic (exact) mass is 204 g/mol. The Morgan fingerprint density at radius 1 is 1.40 bits per heavy atom. The Labute approximate surface area is 89.9 Å². The highest BCUT2D eigenvalue weighted by Gasteiger charge is 2.21. The number of carbonyl (C=O) groups is 1. The van der Waals surface area contributed by atoms with Gasteiger partial charge >= 0.3 is 0 Å². The maximum Gasteiger partial charge on any atom is 0.237 e. The molecule has 1 aliphatic heterocycles. The third-order valence-electron chi connectivity index (χ3n) is 2.65. The predicted molar refractivity (Wildman–Crippen MR) is 59.7 cm³/mol. The Hall–Kier alpha value is -1.35. The first-order valence-electron chi connectivity index (χ1n) is 5.32. The fourth-order valence-corrected chi connectivity index (χ4v) is 1.89. The van der Waals surface area contributed by atoms with E-state index in [-0.39, 0.29) is 11.9 Å². The van der Waals surface area contributed by atoms with Crippen LogP contribution in [-0.2, 0) is 11.2 Å². The molecule has 0 saturated carbocycles. The van der Waals surface area contributed by atoms with Crippen LogP contribution in [0, 0.1) is 6.92 Å². The van der Waals surface area contributed by atoms with Gasteiger partial charge in [-0.2, -0.15) is 0 Å². The fraction of sp³-hybridized carbons (Fsp3) is 0.417. The molecule has 3 heteroatoms. The number of hydrogen-bond donors (Lipinski definition) is 2. The molecule has 80 valence electrons. The quantitative estimate of drug-likeness (QED) is 0.741. The number of piperazine rings is 1. The van der Waals surface area contributed by atoms with Gasteiger partial charge in [0.25, 0.3) is 0 Å². The minimum absolute atomic E-state index is 0.0689. The summed E-state index contributed by atoms with van der Waals surface area (Å²) in [6.07, 6.45) is 0.771. The molecule has 15 heavy (non-hydrogen) atoms. The molecule has 0 radical (unpaired) electrons. The summed E-state index contributed by atoms with van der Waals surface area (Å²) in [7, 11) is 0. The normalized spacial score (nSPS) is 21.1. The summed E-state index contributed by atoms with van der Waals surface area (Å²) in [5.41, 5.74) is 2.45. The maximum atomic E-state index is 11.5. The van der Waals surface area contributed by atoms with Gasteiger partial charge in [0, 0.05) is 13.1 Å². The van der Waals surface area contributed by atoms with E-state index in [4.69, 9.17) is 0 Å². The van der Waals surface area contributed by atoms with E-state index in [2.05, 4.69) is 35.8 Å². The van der Waals surface area contributed by atoms with Crippen LogP contribution >= 0.6 is 0 Å². The van der Waals surface area contributed by atoms with Gasteiger partial charge in [0.2, 0.25) is 5.91 Å². The third kappa shape index (κ3) is 2.57. The second-order valence-corrected chi connectivity index (χ2v) is 3.99. The van der Waals surface area contributed by atoms with Gasteiger partial charge in [-0.25, -0.2) is 0 Å². The van der Waals surface area contributed by atoms with Crippen molar-refractivity contribution in [3.8, 4) is 0 Å². The predicted octanol–water partition coefficient (Wildman–Crippen LogP) is 0.626. The van der Waals surface area contributed by atoms with E-state index >= 15 is 0 Å². The zero-order valence-electron chi connectivity index (χ0n) is 8.92. The molecular weight excluding hydrogens is 188 g/mol. The first kappa shape index (κ1) is 10.2. The number of nitrogens with one attached hydrogen (secondary N) is 2. The third-order valence-corrected chi connectivity index (χ3v) is 2.65. The minimum atomic E-state index is -0.0689. The Morgan fingerprint density at radius 3 is 3.00 bits per heavy atom. The van der Waals surface area contributed by atoms with Crippen LogP contribution in [0.3, 0.4) is 0 Å². The Kier molecular flexibility index (Phi) is 3.02. The molecule has 2 rings (SSSR count). The molecule has 0 bridgehead atoms. The van der Waals surface area contributed by atoms with Gasteiger partial charge in [-0.3, -0.25) is 4.79 Å². The van der Waals surface area contributed by atoms with Gasteiger partial charge < -0.3 is 10.6 Å². The van der Waals surface area contributed by atoms with Crippen molar-refractivity contribution >= 4 is 5.91 Å². The van der Waals surface area contributed by atoms with Crippen LogP contribution in [0.15, 0.2) is 24.3 Å². The molecular formula is C12H16N2O. The van der Waals surface area contributed by atoms with Crippen molar-refractivity contribution in [1.82, 2.24) is 10.6 Å². The van der Waals surface area contributed by atoms with Gasteiger partial charge in [0.05, 0.1) is 6.04 Å². The van der Waals surface area contributed by atoms with Gasteiger partial charge in [-0.15, -0.1) is 0 Å². The molecule has 1 amide bonds. The Morgan fingerprint density at radius 2 is 2.27 bits per heavy atom. The second-order valence-electron chi connectivity index (χ2n) is 3.99. The van der Waals surface area contributed by atoms with Gasteiger partial charge in [-0.05, 0) is 18.9 Å². The molecule has 1 aromatic carbocycles. The number of aryl methyl sites for hydroxylation is 1. The lowest BCUT2D eigenvalue weighted by atomic mass is 10.0. The van der Waals surface area contributed by atoms with Gasteiger partial charge in [0.15, 0.2) is 0 Å². The summed E-state index contributed by atoms with van der Waals surface area (Å²) in [5.74, 6) is 0.114. The molecule has 1 heterocycles. The van der Waals surface area contributed by atoms with E-state index in [0.29, 0.717) is 0 Å². The lowest BCUT2D eigenvalue weighted by Gasteiger charge is -2.23. The summed E-state index contributed by atoms with van der Waals surface area (Å²) in [5, 5.41) is 6.09.